The molecule has 0 fully saturated rings. The molecule has 2 aliphatic rings. The number of ether oxygens (including phenoxy) is 2. The van der Waals surface area contributed by atoms with Crippen molar-refractivity contribution in [3.05, 3.63) is 118 Å². The number of hydrogen-bond donors (Lipinski definition) is 2. The molecule has 0 amide bonds. The summed E-state index contributed by atoms with van der Waals surface area (Å²) < 4.78 is 9.78. The monoisotopic (exact) mass is 550 g/mol. The van der Waals surface area contributed by atoms with Crippen molar-refractivity contribution in [1.29, 1.82) is 0 Å². The Morgan fingerprint density at radius 3 is 1.61 bits per heavy atom. The SMILES string of the molecule is CCOC(=O)c1n[nH]c2c1C=CC(C)(c1ccccc1)C2.COC(=O)c1n[nH]c2c1C=CC(C)(c1ccccc1)C2. The van der Waals surface area contributed by atoms with Gasteiger partial charge in [-0.15, -0.1) is 0 Å². The van der Waals surface area contributed by atoms with Crippen LogP contribution in [0.4, 0.5) is 0 Å². The molecule has 2 heterocycles. The molecule has 2 aromatic heterocycles. The largest absolute Gasteiger partial charge is 0.464 e. The number of aromatic nitrogens is 4. The van der Waals surface area contributed by atoms with E-state index in [-0.39, 0.29) is 16.8 Å². The number of H-pyrrole nitrogens is 2. The standard InChI is InChI=1S/C17H18N2O2.C16H16N2O2/c1-3-21-16(20)15-13-9-10-17(2,11-14(13)18-19-15)12-7-5-4-6-8-12;1-16(11-6-4-3-5-7-11)9-8-12-13(10-16)17-18-14(12)15(19)20-2/h4-10H,3,11H2,1-2H3,(H,18,19);3-9H,10H2,1-2H3,(H,17,18). The Labute approximate surface area is 239 Å². The van der Waals surface area contributed by atoms with Gasteiger partial charge in [-0.05, 0) is 18.1 Å². The number of carbonyl (C=O) groups is 2. The molecule has 210 valence electrons. The van der Waals surface area contributed by atoms with Gasteiger partial charge in [0.05, 0.1) is 13.7 Å². The minimum atomic E-state index is -0.407. The van der Waals surface area contributed by atoms with Crippen molar-refractivity contribution >= 4 is 24.1 Å². The third kappa shape index (κ3) is 5.50. The smallest absolute Gasteiger partial charge is 0.359 e. The molecular weight excluding hydrogens is 516 g/mol. The van der Waals surface area contributed by atoms with Gasteiger partial charge in [0.25, 0.3) is 0 Å². The second kappa shape index (κ2) is 11.4. The topological polar surface area (TPSA) is 110 Å². The summed E-state index contributed by atoms with van der Waals surface area (Å²) in [5.41, 5.74) is 6.68. The fourth-order valence-corrected chi connectivity index (χ4v) is 5.43. The van der Waals surface area contributed by atoms with Gasteiger partial charge in [-0.2, -0.15) is 10.2 Å². The number of nitrogens with one attached hydrogen (secondary N) is 2. The van der Waals surface area contributed by atoms with Crippen LogP contribution in [0.5, 0.6) is 0 Å². The second-order valence-corrected chi connectivity index (χ2v) is 10.7. The van der Waals surface area contributed by atoms with Crippen molar-refractivity contribution in [3.8, 4) is 0 Å². The van der Waals surface area contributed by atoms with Crippen molar-refractivity contribution in [2.45, 2.75) is 44.4 Å². The third-order valence-corrected chi connectivity index (χ3v) is 7.80. The molecule has 2 N–H and O–H groups in total. The number of rotatable bonds is 5. The molecule has 0 saturated heterocycles. The maximum Gasteiger partial charge on any atom is 0.359 e. The summed E-state index contributed by atoms with van der Waals surface area (Å²) in [5, 5.41) is 14.2. The van der Waals surface area contributed by atoms with E-state index in [1.165, 1.54) is 18.2 Å². The molecule has 0 saturated carbocycles. The number of carbonyl (C=O) groups excluding carboxylic acids is 2. The molecule has 2 atom stereocenters. The van der Waals surface area contributed by atoms with Crippen LogP contribution in [0.25, 0.3) is 12.2 Å². The molecule has 41 heavy (non-hydrogen) atoms. The van der Waals surface area contributed by atoms with Crippen LogP contribution in [0, 0.1) is 0 Å². The zero-order chi connectivity index (χ0) is 29.0. The second-order valence-electron chi connectivity index (χ2n) is 10.7. The van der Waals surface area contributed by atoms with Gasteiger partial charge in [-0.25, -0.2) is 9.59 Å². The molecular formula is C33H34N4O4. The molecule has 6 rings (SSSR count). The fourth-order valence-electron chi connectivity index (χ4n) is 5.43. The normalized spacial score (nSPS) is 20.3. The summed E-state index contributed by atoms with van der Waals surface area (Å²) in [7, 11) is 1.37. The van der Waals surface area contributed by atoms with Gasteiger partial charge in [0.1, 0.15) is 0 Å². The summed E-state index contributed by atoms with van der Waals surface area (Å²) in [6.45, 7) is 6.51. The lowest BCUT2D eigenvalue weighted by Gasteiger charge is -2.29. The summed E-state index contributed by atoms with van der Waals surface area (Å²) in [6.07, 6.45) is 9.78. The molecule has 0 spiro atoms. The van der Waals surface area contributed by atoms with E-state index in [0.717, 1.165) is 35.4 Å². The van der Waals surface area contributed by atoms with E-state index >= 15 is 0 Å². The van der Waals surface area contributed by atoms with Crippen molar-refractivity contribution in [2.75, 3.05) is 13.7 Å². The van der Waals surface area contributed by atoms with Gasteiger partial charge >= 0.3 is 11.9 Å². The van der Waals surface area contributed by atoms with Gasteiger partial charge in [0, 0.05) is 46.2 Å². The van der Waals surface area contributed by atoms with E-state index in [1.54, 1.807) is 6.92 Å². The van der Waals surface area contributed by atoms with E-state index in [2.05, 4.69) is 70.7 Å². The Bertz CT molecular complexity index is 1600. The minimum Gasteiger partial charge on any atom is -0.464 e. The van der Waals surface area contributed by atoms with Gasteiger partial charge in [-0.3, -0.25) is 10.2 Å². The Morgan fingerprint density at radius 1 is 0.756 bits per heavy atom. The average molecular weight is 551 g/mol. The van der Waals surface area contributed by atoms with E-state index in [4.69, 9.17) is 9.47 Å². The molecule has 8 nitrogen and oxygen atoms in total. The number of fused-ring (bicyclic) bond motifs is 2. The molecule has 0 radical (unpaired) electrons. The number of hydrogen-bond acceptors (Lipinski definition) is 6. The fraction of sp³-hybridized carbons (Fsp3) is 0.273. The van der Waals surface area contributed by atoms with Crippen LogP contribution >= 0.6 is 0 Å². The first-order valence-corrected chi connectivity index (χ1v) is 13.7. The van der Waals surface area contributed by atoms with E-state index in [1.807, 2.05) is 48.6 Å². The molecule has 0 aliphatic heterocycles. The summed E-state index contributed by atoms with van der Waals surface area (Å²) in [5.74, 6) is -0.779. The molecule has 2 aliphatic carbocycles. The average Bonchev–Trinajstić information content (AvgIpc) is 3.61. The van der Waals surface area contributed by atoms with Crippen molar-refractivity contribution < 1.29 is 19.1 Å². The number of nitrogens with zero attached hydrogens (tertiary/aromatic N) is 2. The Morgan fingerprint density at radius 2 is 1.20 bits per heavy atom. The van der Waals surface area contributed by atoms with Gasteiger partial charge < -0.3 is 9.47 Å². The number of esters is 2. The van der Waals surface area contributed by atoms with Crippen LogP contribution in [0.2, 0.25) is 0 Å². The van der Waals surface area contributed by atoms with Crippen LogP contribution < -0.4 is 0 Å². The van der Waals surface area contributed by atoms with Crippen LogP contribution in [-0.4, -0.2) is 46.1 Å². The lowest BCUT2D eigenvalue weighted by Crippen LogP contribution is -2.25. The summed E-state index contributed by atoms with van der Waals surface area (Å²) in [4.78, 5) is 23.5. The first-order valence-electron chi connectivity index (χ1n) is 13.7. The highest BCUT2D eigenvalue weighted by Crippen LogP contribution is 2.37. The minimum absolute atomic E-state index is 0.0891. The lowest BCUT2D eigenvalue weighted by molar-refractivity contribution is 0.0518. The van der Waals surface area contributed by atoms with Gasteiger partial charge in [0.15, 0.2) is 11.4 Å². The quantitative estimate of drug-likeness (QED) is 0.302. The van der Waals surface area contributed by atoms with Gasteiger partial charge in [0.2, 0.25) is 0 Å². The van der Waals surface area contributed by atoms with Crippen LogP contribution in [0.15, 0.2) is 72.8 Å². The van der Waals surface area contributed by atoms with Crippen LogP contribution in [-0.2, 0) is 33.1 Å². The lowest BCUT2D eigenvalue weighted by atomic mass is 9.75. The highest BCUT2D eigenvalue weighted by atomic mass is 16.5. The summed E-state index contributed by atoms with van der Waals surface area (Å²) in [6, 6.07) is 20.7. The predicted molar refractivity (Wildman–Crippen MR) is 158 cm³/mol. The number of allylic oxidation sites excluding steroid dienone is 2. The number of aromatic amines is 2. The van der Waals surface area contributed by atoms with Crippen molar-refractivity contribution in [1.82, 2.24) is 20.4 Å². The zero-order valence-electron chi connectivity index (χ0n) is 23.7. The highest BCUT2D eigenvalue weighted by Gasteiger charge is 2.33. The maximum absolute atomic E-state index is 11.9. The van der Waals surface area contributed by atoms with Crippen LogP contribution in [0.1, 0.15) is 75.4 Å². The molecule has 2 aromatic carbocycles. The Balaban J connectivity index is 0.000000165. The van der Waals surface area contributed by atoms with Crippen molar-refractivity contribution in [2.24, 2.45) is 0 Å². The predicted octanol–water partition coefficient (Wildman–Crippen LogP) is 5.84. The van der Waals surface area contributed by atoms with E-state index < -0.39 is 5.97 Å². The first kappa shape index (κ1) is 27.8. The van der Waals surface area contributed by atoms with Crippen LogP contribution in [0.3, 0.4) is 0 Å². The maximum atomic E-state index is 11.9. The van der Waals surface area contributed by atoms with Crippen molar-refractivity contribution in [3.63, 3.8) is 0 Å². The van der Waals surface area contributed by atoms with Gasteiger partial charge in [-0.1, -0.05) is 98.8 Å². The van der Waals surface area contributed by atoms with E-state index in [9.17, 15) is 9.59 Å². The Hall–Kier alpha value is -4.72. The molecule has 2 unspecified atom stereocenters. The third-order valence-electron chi connectivity index (χ3n) is 7.80. The Kier molecular flexibility index (Phi) is 7.75. The zero-order valence-corrected chi connectivity index (χ0v) is 23.7. The number of benzene rings is 2. The summed E-state index contributed by atoms with van der Waals surface area (Å²) >= 11 is 0. The molecule has 4 aromatic rings. The molecule has 8 heteroatoms. The van der Waals surface area contributed by atoms with E-state index in [0.29, 0.717) is 18.0 Å². The highest BCUT2D eigenvalue weighted by molar-refractivity contribution is 5.93. The number of methoxy groups -OCH3 is 1. The molecule has 0 bridgehead atoms. The first-order chi connectivity index (χ1) is 19.8.